The number of nitrogens with zero attached hydrogens (tertiary/aromatic N) is 8. The third kappa shape index (κ3) is 9.08. The van der Waals surface area contributed by atoms with E-state index in [1.54, 1.807) is 12.3 Å². The molecule has 0 unspecified atom stereocenters. The zero-order valence-corrected chi connectivity index (χ0v) is 20.7. The molecule has 3 aromatic heterocycles. The van der Waals surface area contributed by atoms with Crippen LogP contribution in [0.1, 0.15) is 99.0 Å². The highest BCUT2D eigenvalue weighted by atomic mass is 15.1. The van der Waals surface area contributed by atoms with E-state index in [1.165, 1.54) is 11.8 Å². The Hall–Kier alpha value is -3.78. The lowest BCUT2D eigenvalue weighted by Gasteiger charge is -2.06. The van der Waals surface area contributed by atoms with Gasteiger partial charge in [-0.1, -0.05) is 41.5 Å². The highest BCUT2D eigenvalue weighted by Gasteiger charge is 2.07. The summed E-state index contributed by atoms with van der Waals surface area (Å²) in [7, 11) is 0. The lowest BCUT2D eigenvalue weighted by atomic mass is 10.0. The number of hydrogen-bond donors (Lipinski definition) is 0. The van der Waals surface area contributed by atoms with Gasteiger partial charge < -0.3 is 0 Å². The van der Waals surface area contributed by atoms with E-state index in [9.17, 15) is 0 Å². The van der Waals surface area contributed by atoms with Crippen LogP contribution in [0.3, 0.4) is 0 Å². The first-order chi connectivity index (χ1) is 15.6. The standard InChI is InChI=1S/C9H11N3.C8H9N3.C8H12N2/c1-6(2)9-7(3)11-5-8(4-10)12-9;1-6(2)8-4-3-7(5-9)10-11-8;1-6(2)8-4-5-9-10-7(8)3/h5-6H,1-3H3;3-4,6H,1-2H3;4-6H,1-3H3. The first-order valence-electron chi connectivity index (χ1n) is 10.9. The summed E-state index contributed by atoms with van der Waals surface area (Å²) in [6.07, 6.45) is 3.24. The minimum Gasteiger partial charge on any atom is -0.257 e. The van der Waals surface area contributed by atoms with Gasteiger partial charge in [-0.2, -0.15) is 25.8 Å². The molecule has 0 aliphatic heterocycles. The molecule has 3 aromatic rings. The SMILES string of the molecule is CC(C)c1ccc(C#N)nn1.Cc1ncc(C#N)nc1C(C)C.Cc1nnccc1C(C)C. The molecule has 0 aliphatic carbocycles. The van der Waals surface area contributed by atoms with Crippen molar-refractivity contribution in [2.45, 2.75) is 73.1 Å². The van der Waals surface area contributed by atoms with E-state index in [2.05, 4.69) is 44.2 Å². The van der Waals surface area contributed by atoms with Crippen molar-refractivity contribution in [2.75, 3.05) is 0 Å². The zero-order chi connectivity index (χ0) is 25.0. The second kappa shape index (κ2) is 13.6. The van der Waals surface area contributed by atoms with Gasteiger partial charge in [0.05, 0.1) is 29.0 Å². The highest BCUT2D eigenvalue weighted by molar-refractivity contribution is 5.23. The molecule has 8 nitrogen and oxygen atoms in total. The topological polar surface area (TPSA) is 125 Å². The molecule has 3 heterocycles. The Morgan fingerprint density at radius 1 is 0.727 bits per heavy atom. The smallest absolute Gasteiger partial charge is 0.163 e. The monoisotopic (exact) mass is 444 g/mol. The molecule has 172 valence electrons. The van der Waals surface area contributed by atoms with Crippen molar-refractivity contribution in [3.05, 3.63) is 70.3 Å². The minimum absolute atomic E-state index is 0.325. The summed E-state index contributed by atoms with van der Waals surface area (Å²) in [4.78, 5) is 8.25. The molecule has 33 heavy (non-hydrogen) atoms. The molecule has 0 fully saturated rings. The summed E-state index contributed by atoms with van der Waals surface area (Å²) in [5.41, 5.74) is 5.83. The van der Waals surface area contributed by atoms with E-state index >= 15 is 0 Å². The van der Waals surface area contributed by atoms with Crippen LogP contribution in [0.4, 0.5) is 0 Å². The Morgan fingerprint density at radius 2 is 1.39 bits per heavy atom. The Balaban J connectivity index is 0.000000249. The van der Waals surface area contributed by atoms with E-state index in [4.69, 9.17) is 10.5 Å². The van der Waals surface area contributed by atoms with Crippen LogP contribution in [0.5, 0.6) is 0 Å². The molecule has 3 rings (SSSR count). The average molecular weight is 445 g/mol. The lowest BCUT2D eigenvalue weighted by molar-refractivity contribution is 0.782. The summed E-state index contributed by atoms with van der Waals surface area (Å²) in [5, 5.41) is 32.3. The minimum atomic E-state index is 0.325. The van der Waals surface area contributed by atoms with Gasteiger partial charge in [0.15, 0.2) is 11.4 Å². The Morgan fingerprint density at radius 3 is 1.82 bits per heavy atom. The maximum atomic E-state index is 8.58. The molecule has 0 saturated heterocycles. The van der Waals surface area contributed by atoms with E-state index in [1.807, 2.05) is 65.8 Å². The number of hydrogen-bond acceptors (Lipinski definition) is 8. The second-order valence-electron chi connectivity index (χ2n) is 8.33. The fourth-order valence-corrected chi connectivity index (χ4v) is 2.80. The molecular formula is C25H32N8. The van der Waals surface area contributed by atoms with E-state index in [0.29, 0.717) is 29.1 Å². The zero-order valence-electron chi connectivity index (χ0n) is 20.7. The molecule has 0 atom stereocenters. The number of aryl methyl sites for hydroxylation is 2. The molecule has 0 amide bonds. The molecule has 0 aliphatic rings. The van der Waals surface area contributed by atoms with Crippen LogP contribution < -0.4 is 0 Å². The van der Waals surface area contributed by atoms with Gasteiger partial charge in [-0.15, -0.1) is 5.10 Å². The maximum absolute atomic E-state index is 8.58. The van der Waals surface area contributed by atoms with Crippen LogP contribution in [-0.4, -0.2) is 30.4 Å². The first-order valence-corrected chi connectivity index (χ1v) is 10.9. The van der Waals surface area contributed by atoms with Crippen molar-refractivity contribution in [1.82, 2.24) is 30.4 Å². The summed E-state index contributed by atoms with van der Waals surface area (Å²) in [5.74, 6) is 1.25. The Bertz CT molecular complexity index is 1090. The van der Waals surface area contributed by atoms with Crippen LogP contribution in [-0.2, 0) is 0 Å². The third-order valence-corrected chi connectivity index (χ3v) is 4.61. The summed E-state index contributed by atoms with van der Waals surface area (Å²) >= 11 is 0. The Kier molecular flexibility index (Phi) is 11.2. The van der Waals surface area contributed by atoms with Gasteiger partial charge in [0, 0.05) is 6.20 Å². The van der Waals surface area contributed by atoms with Crippen LogP contribution >= 0.6 is 0 Å². The molecule has 0 radical (unpaired) electrons. The fourth-order valence-electron chi connectivity index (χ4n) is 2.80. The van der Waals surface area contributed by atoms with Crippen molar-refractivity contribution in [3.8, 4) is 12.1 Å². The number of nitriles is 2. The van der Waals surface area contributed by atoms with E-state index in [-0.39, 0.29) is 0 Å². The third-order valence-electron chi connectivity index (χ3n) is 4.61. The molecular weight excluding hydrogens is 412 g/mol. The average Bonchev–Trinajstić information content (AvgIpc) is 2.80. The number of aromatic nitrogens is 6. The molecule has 8 heteroatoms. The highest BCUT2D eigenvalue weighted by Crippen LogP contribution is 2.15. The van der Waals surface area contributed by atoms with Crippen LogP contribution in [0, 0.1) is 36.5 Å². The van der Waals surface area contributed by atoms with Gasteiger partial charge in [-0.25, -0.2) is 4.98 Å². The van der Waals surface area contributed by atoms with Gasteiger partial charge in [0.2, 0.25) is 0 Å². The van der Waals surface area contributed by atoms with Gasteiger partial charge in [0.25, 0.3) is 0 Å². The normalized spacial score (nSPS) is 9.97. The van der Waals surface area contributed by atoms with Crippen molar-refractivity contribution < 1.29 is 0 Å². The molecule has 0 aromatic carbocycles. The fraction of sp³-hybridized carbons (Fsp3) is 0.440. The molecule has 0 bridgehead atoms. The van der Waals surface area contributed by atoms with E-state index in [0.717, 1.165) is 22.8 Å². The van der Waals surface area contributed by atoms with Gasteiger partial charge in [-0.3, -0.25) is 4.98 Å². The molecule has 0 spiro atoms. The van der Waals surface area contributed by atoms with Gasteiger partial charge in [-0.05, 0) is 55.4 Å². The second-order valence-corrected chi connectivity index (χ2v) is 8.33. The van der Waals surface area contributed by atoms with Crippen LogP contribution in [0.15, 0.2) is 30.6 Å². The number of rotatable bonds is 3. The molecule has 0 N–H and O–H groups in total. The van der Waals surface area contributed by atoms with Gasteiger partial charge >= 0.3 is 0 Å². The van der Waals surface area contributed by atoms with E-state index < -0.39 is 0 Å². The van der Waals surface area contributed by atoms with Gasteiger partial charge in [0.1, 0.15) is 12.1 Å². The largest absolute Gasteiger partial charge is 0.257 e. The summed E-state index contributed by atoms with van der Waals surface area (Å²) in [6, 6.07) is 9.43. The maximum Gasteiger partial charge on any atom is 0.163 e. The quantitative estimate of drug-likeness (QED) is 0.542. The summed E-state index contributed by atoms with van der Waals surface area (Å²) < 4.78 is 0. The predicted octanol–water partition coefficient (Wildman–Crippen LogP) is 5.16. The predicted molar refractivity (Wildman–Crippen MR) is 127 cm³/mol. The van der Waals surface area contributed by atoms with Crippen LogP contribution in [0.25, 0.3) is 0 Å². The first kappa shape index (κ1) is 27.3. The van der Waals surface area contributed by atoms with Crippen molar-refractivity contribution in [2.24, 2.45) is 0 Å². The van der Waals surface area contributed by atoms with Crippen molar-refractivity contribution >= 4 is 0 Å². The summed E-state index contributed by atoms with van der Waals surface area (Å²) in [6.45, 7) is 16.4. The van der Waals surface area contributed by atoms with Crippen molar-refractivity contribution in [1.29, 1.82) is 10.5 Å². The van der Waals surface area contributed by atoms with Crippen LogP contribution in [0.2, 0.25) is 0 Å². The molecule has 0 saturated carbocycles. The Labute approximate surface area is 196 Å². The lowest BCUT2D eigenvalue weighted by Crippen LogP contribution is -2.00. The van der Waals surface area contributed by atoms with Crippen molar-refractivity contribution in [3.63, 3.8) is 0 Å².